The van der Waals surface area contributed by atoms with E-state index in [1.165, 1.54) is 37.7 Å². The van der Waals surface area contributed by atoms with Crippen LogP contribution in [0, 0.1) is 0 Å². The maximum absolute atomic E-state index is 4.52. The fourth-order valence-corrected chi connectivity index (χ4v) is 3.79. The van der Waals surface area contributed by atoms with E-state index in [2.05, 4.69) is 44.8 Å². The number of nitrogens with zero attached hydrogens (tertiary/aromatic N) is 2. The predicted molar refractivity (Wildman–Crippen MR) is 85.5 cm³/mol. The maximum atomic E-state index is 4.52. The van der Waals surface area contributed by atoms with Gasteiger partial charge in [-0.1, -0.05) is 19.3 Å². The zero-order valence-electron chi connectivity index (χ0n) is 12.1. The SMILES string of the molecule is CC(Cc1ccsc1)Nc1nccn1C1CCCCC1. The third-order valence-electron chi connectivity index (χ3n) is 4.13. The lowest BCUT2D eigenvalue weighted by molar-refractivity contribution is 0.355. The molecule has 20 heavy (non-hydrogen) atoms. The Kier molecular flexibility index (Phi) is 4.41. The highest BCUT2D eigenvalue weighted by Crippen LogP contribution is 2.30. The normalized spacial score (nSPS) is 18.1. The highest BCUT2D eigenvalue weighted by atomic mass is 32.1. The molecule has 4 heteroatoms. The quantitative estimate of drug-likeness (QED) is 0.878. The number of aromatic nitrogens is 2. The second kappa shape index (κ2) is 6.44. The fourth-order valence-electron chi connectivity index (χ4n) is 3.11. The van der Waals surface area contributed by atoms with E-state index in [0.717, 1.165) is 12.4 Å². The molecule has 0 saturated heterocycles. The lowest BCUT2D eigenvalue weighted by atomic mass is 9.95. The van der Waals surface area contributed by atoms with Gasteiger partial charge in [0, 0.05) is 24.5 Å². The topological polar surface area (TPSA) is 29.9 Å². The van der Waals surface area contributed by atoms with Crippen LogP contribution in [0.5, 0.6) is 0 Å². The molecule has 0 amide bonds. The van der Waals surface area contributed by atoms with Crippen molar-refractivity contribution in [2.75, 3.05) is 5.32 Å². The van der Waals surface area contributed by atoms with Crippen molar-refractivity contribution in [2.45, 2.75) is 57.5 Å². The molecule has 1 aliphatic carbocycles. The van der Waals surface area contributed by atoms with Gasteiger partial charge in [-0.3, -0.25) is 0 Å². The molecule has 2 aromatic rings. The Bertz CT molecular complexity index is 512. The molecule has 108 valence electrons. The predicted octanol–water partition coefficient (Wildman–Crippen LogP) is 4.49. The highest BCUT2D eigenvalue weighted by molar-refractivity contribution is 7.07. The first kappa shape index (κ1) is 13.7. The number of hydrogen-bond acceptors (Lipinski definition) is 3. The lowest BCUT2D eigenvalue weighted by Crippen LogP contribution is -2.22. The van der Waals surface area contributed by atoms with E-state index < -0.39 is 0 Å². The van der Waals surface area contributed by atoms with Crippen LogP contribution in [-0.4, -0.2) is 15.6 Å². The molecule has 3 nitrogen and oxygen atoms in total. The third kappa shape index (κ3) is 3.23. The molecule has 1 aliphatic rings. The first-order chi connectivity index (χ1) is 9.83. The Labute approximate surface area is 125 Å². The molecular weight excluding hydrogens is 266 g/mol. The van der Waals surface area contributed by atoms with E-state index in [9.17, 15) is 0 Å². The van der Waals surface area contributed by atoms with E-state index in [0.29, 0.717) is 12.1 Å². The van der Waals surface area contributed by atoms with Gasteiger partial charge >= 0.3 is 0 Å². The Morgan fingerprint density at radius 3 is 3.00 bits per heavy atom. The van der Waals surface area contributed by atoms with Gasteiger partial charge in [-0.05, 0) is 48.6 Å². The van der Waals surface area contributed by atoms with Crippen LogP contribution >= 0.6 is 11.3 Å². The van der Waals surface area contributed by atoms with Crippen LogP contribution in [0.3, 0.4) is 0 Å². The van der Waals surface area contributed by atoms with Crippen molar-refractivity contribution in [1.29, 1.82) is 0 Å². The monoisotopic (exact) mass is 289 g/mol. The van der Waals surface area contributed by atoms with E-state index >= 15 is 0 Å². The van der Waals surface area contributed by atoms with Crippen LogP contribution in [0.4, 0.5) is 5.95 Å². The number of hydrogen-bond donors (Lipinski definition) is 1. The van der Waals surface area contributed by atoms with Gasteiger partial charge < -0.3 is 9.88 Å². The van der Waals surface area contributed by atoms with Gasteiger partial charge in [-0.25, -0.2) is 4.98 Å². The maximum Gasteiger partial charge on any atom is 0.203 e. The van der Waals surface area contributed by atoms with Gasteiger partial charge in [-0.15, -0.1) is 0 Å². The number of nitrogens with one attached hydrogen (secondary N) is 1. The molecule has 0 aromatic carbocycles. The average molecular weight is 289 g/mol. The van der Waals surface area contributed by atoms with Crippen molar-refractivity contribution in [1.82, 2.24) is 9.55 Å². The van der Waals surface area contributed by atoms with E-state index in [1.54, 1.807) is 11.3 Å². The van der Waals surface area contributed by atoms with Crippen molar-refractivity contribution >= 4 is 17.3 Å². The van der Waals surface area contributed by atoms with Crippen molar-refractivity contribution in [2.24, 2.45) is 0 Å². The number of thiophene rings is 1. The van der Waals surface area contributed by atoms with Crippen molar-refractivity contribution < 1.29 is 0 Å². The minimum absolute atomic E-state index is 0.411. The molecular formula is C16H23N3S. The second-order valence-electron chi connectivity index (χ2n) is 5.83. The third-order valence-corrected chi connectivity index (χ3v) is 4.87. The summed E-state index contributed by atoms with van der Waals surface area (Å²) in [6.45, 7) is 2.23. The van der Waals surface area contributed by atoms with Crippen LogP contribution in [-0.2, 0) is 6.42 Å². The van der Waals surface area contributed by atoms with Gasteiger partial charge in [0.15, 0.2) is 0 Å². The molecule has 0 aliphatic heterocycles. The van der Waals surface area contributed by atoms with Crippen LogP contribution < -0.4 is 5.32 Å². The van der Waals surface area contributed by atoms with Crippen molar-refractivity contribution in [3.05, 3.63) is 34.8 Å². The van der Waals surface area contributed by atoms with Crippen molar-refractivity contribution in [3.63, 3.8) is 0 Å². The lowest BCUT2D eigenvalue weighted by Gasteiger charge is -2.25. The summed E-state index contributed by atoms with van der Waals surface area (Å²) in [4.78, 5) is 4.52. The van der Waals surface area contributed by atoms with Crippen molar-refractivity contribution in [3.8, 4) is 0 Å². The standard InChI is InChI=1S/C16H23N3S/c1-13(11-14-7-10-20-12-14)18-16-17-8-9-19(16)15-5-3-2-4-6-15/h7-10,12-13,15H,2-6,11H2,1H3,(H,17,18). The number of rotatable bonds is 5. The minimum atomic E-state index is 0.411. The molecule has 2 heterocycles. The van der Waals surface area contributed by atoms with Crippen LogP contribution in [0.25, 0.3) is 0 Å². The van der Waals surface area contributed by atoms with Gasteiger partial charge in [0.1, 0.15) is 0 Å². The minimum Gasteiger partial charge on any atom is -0.353 e. The fraction of sp³-hybridized carbons (Fsp3) is 0.562. The Morgan fingerprint density at radius 1 is 1.40 bits per heavy atom. The molecule has 1 saturated carbocycles. The zero-order chi connectivity index (χ0) is 13.8. The molecule has 2 aromatic heterocycles. The van der Waals surface area contributed by atoms with Crippen LogP contribution in [0.15, 0.2) is 29.2 Å². The molecule has 1 N–H and O–H groups in total. The molecule has 0 radical (unpaired) electrons. The molecule has 0 bridgehead atoms. The van der Waals surface area contributed by atoms with E-state index in [4.69, 9.17) is 0 Å². The number of imidazole rings is 1. The zero-order valence-corrected chi connectivity index (χ0v) is 12.9. The largest absolute Gasteiger partial charge is 0.353 e. The second-order valence-corrected chi connectivity index (χ2v) is 6.61. The van der Waals surface area contributed by atoms with Gasteiger partial charge in [0.05, 0.1) is 0 Å². The summed E-state index contributed by atoms with van der Waals surface area (Å²) in [5, 5.41) is 7.95. The average Bonchev–Trinajstić information content (AvgIpc) is 3.11. The molecule has 3 rings (SSSR count). The van der Waals surface area contributed by atoms with E-state index in [1.807, 2.05) is 6.20 Å². The summed E-state index contributed by atoms with van der Waals surface area (Å²) in [6, 6.07) is 3.26. The summed E-state index contributed by atoms with van der Waals surface area (Å²) in [5.74, 6) is 1.04. The molecule has 1 unspecified atom stereocenters. The summed E-state index contributed by atoms with van der Waals surface area (Å²) in [7, 11) is 0. The molecule has 1 fully saturated rings. The van der Waals surface area contributed by atoms with Crippen LogP contribution in [0.1, 0.15) is 50.6 Å². The summed E-state index contributed by atoms with van der Waals surface area (Å²) in [5.41, 5.74) is 1.41. The summed E-state index contributed by atoms with van der Waals surface area (Å²) >= 11 is 1.77. The summed E-state index contributed by atoms with van der Waals surface area (Å²) in [6.07, 6.45) is 11.8. The Hall–Kier alpha value is -1.29. The van der Waals surface area contributed by atoms with Crippen LogP contribution in [0.2, 0.25) is 0 Å². The number of anilines is 1. The molecule has 1 atom stereocenters. The van der Waals surface area contributed by atoms with Gasteiger partial charge in [0.2, 0.25) is 5.95 Å². The van der Waals surface area contributed by atoms with E-state index in [-0.39, 0.29) is 0 Å². The first-order valence-corrected chi connectivity index (χ1v) is 8.57. The molecule has 0 spiro atoms. The smallest absolute Gasteiger partial charge is 0.203 e. The Balaban J connectivity index is 1.63. The van der Waals surface area contributed by atoms with Gasteiger partial charge in [0.25, 0.3) is 0 Å². The Morgan fingerprint density at radius 2 is 2.25 bits per heavy atom. The summed E-state index contributed by atoms with van der Waals surface area (Å²) < 4.78 is 2.35. The first-order valence-electron chi connectivity index (χ1n) is 7.63. The van der Waals surface area contributed by atoms with Gasteiger partial charge in [-0.2, -0.15) is 11.3 Å². The highest BCUT2D eigenvalue weighted by Gasteiger charge is 2.18.